The van der Waals surface area contributed by atoms with Crippen molar-refractivity contribution < 1.29 is 0 Å². The molecule has 0 unspecified atom stereocenters. The quantitative estimate of drug-likeness (QED) is 0.643. The molecule has 0 atom stereocenters. The van der Waals surface area contributed by atoms with Crippen molar-refractivity contribution >= 4 is 6.08 Å². The number of allylic oxidation sites excluding steroid dienone is 1. The molecule has 0 saturated heterocycles. The van der Waals surface area contributed by atoms with E-state index in [1.165, 1.54) is 38.9 Å². The number of benzene rings is 2. The fraction of sp³-hybridized carbons (Fsp3) is 0.333. The summed E-state index contributed by atoms with van der Waals surface area (Å²) in [5, 5.41) is 0. The van der Waals surface area contributed by atoms with Crippen LogP contribution in [0.25, 0.3) is 17.2 Å². The Labute approximate surface area is 128 Å². The molecule has 0 radical (unpaired) electrons. The Hall–Kier alpha value is -1.82. The summed E-state index contributed by atoms with van der Waals surface area (Å²) in [6.45, 7) is 11.2. The fourth-order valence-electron chi connectivity index (χ4n) is 3.18. The Bertz CT molecular complexity index is 713. The summed E-state index contributed by atoms with van der Waals surface area (Å²) in [6.07, 6.45) is 3.56. The molecule has 2 aromatic rings. The van der Waals surface area contributed by atoms with E-state index in [-0.39, 0.29) is 0 Å². The van der Waals surface area contributed by atoms with Crippen LogP contribution < -0.4 is 0 Å². The zero-order chi connectivity index (χ0) is 15.1. The van der Waals surface area contributed by atoms with Gasteiger partial charge < -0.3 is 0 Å². The van der Waals surface area contributed by atoms with Crippen molar-refractivity contribution in [2.45, 2.75) is 41.0 Å². The molecule has 0 saturated carbocycles. The minimum absolute atomic E-state index is 0.628. The molecule has 1 aliphatic rings. The third-order valence-corrected chi connectivity index (χ3v) is 4.84. The first kappa shape index (κ1) is 14.1. The van der Waals surface area contributed by atoms with E-state index in [4.69, 9.17) is 0 Å². The molecule has 2 aromatic carbocycles. The van der Waals surface area contributed by atoms with Crippen LogP contribution in [-0.4, -0.2) is 0 Å². The van der Waals surface area contributed by atoms with Gasteiger partial charge in [0.05, 0.1) is 0 Å². The fourth-order valence-corrected chi connectivity index (χ4v) is 3.18. The van der Waals surface area contributed by atoms with E-state index in [9.17, 15) is 0 Å². The molecule has 21 heavy (non-hydrogen) atoms. The molecule has 0 nitrogen and oxygen atoms in total. The summed E-state index contributed by atoms with van der Waals surface area (Å²) in [5.74, 6) is 0.628. The molecule has 0 fully saturated rings. The number of hydrogen-bond donors (Lipinski definition) is 0. The van der Waals surface area contributed by atoms with Gasteiger partial charge in [0.25, 0.3) is 0 Å². The van der Waals surface area contributed by atoms with Gasteiger partial charge in [-0.15, -0.1) is 0 Å². The summed E-state index contributed by atoms with van der Waals surface area (Å²) in [7, 11) is 0. The number of fused-ring (bicyclic) bond motifs is 1. The van der Waals surface area contributed by atoms with Crippen LogP contribution in [0.1, 0.15) is 41.7 Å². The van der Waals surface area contributed by atoms with Crippen molar-refractivity contribution in [3.05, 3.63) is 63.7 Å². The molecule has 3 rings (SSSR count). The van der Waals surface area contributed by atoms with Gasteiger partial charge in [0, 0.05) is 0 Å². The molecule has 0 aromatic heterocycles. The van der Waals surface area contributed by atoms with Crippen LogP contribution in [0.2, 0.25) is 0 Å². The van der Waals surface area contributed by atoms with Gasteiger partial charge in [-0.2, -0.15) is 0 Å². The highest BCUT2D eigenvalue weighted by Crippen LogP contribution is 2.39. The Morgan fingerprint density at radius 3 is 2.24 bits per heavy atom. The van der Waals surface area contributed by atoms with Crippen molar-refractivity contribution in [1.82, 2.24) is 0 Å². The van der Waals surface area contributed by atoms with E-state index >= 15 is 0 Å². The van der Waals surface area contributed by atoms with Gasteiger partial charge in [-0.3, -0.25) is 0 Å². The second-order valence-corrected chi connectivity index (χ2v) is 6.68. The molecule has 0 aliphatic heterocycles. The first-order valence-electron chi connectivity index (χ1n) is 7.88. The van der Waals surface area contributed by atoms with E-state index in [0.29, 0.717) is 5.92 Å². The van der Waals surface area contributed by atoms with Gasteiger partial charge >= 0.3 is 0 Å². The summed E-state index contributed by atoms with van der Waals surface area (Å²) < 4.78 is 0. The second kappa shape index (κ2) is 5.18. The maximum Gasteiger partial charge on any atom is -0.00523 e. The summed E-state index contributed by atoms with van der Waals surface area (Å²) in [4.78, 5) is 0. The molecule has 108 valence electrons. The van der Waals surface area contributed by atoms with Gasteiger partial charge in [0.2, 0.25) is 0 Å². The highest BCUT2D eigenvalue weighted by molar-refractivity contribution is 5.82. The SMILES string of the molecule is Cc1ccc(-c2cc(C)c(C)c3c2C=C(C(C)C)C3)cc1. The molecular weight excluding hydrogens is 252 g/mol. The van der Waals surface area contributed by atoms with E-state index < -0.39 is 0 Å². The normalized spacial score (nSPS) is 13.5. The van der Waals surface area contributed by atoms with Crippen molar-refractivity contribution in [1.29, 1.82) is 0 Å². The van der Waals surface area contributed by atoms with Gasteiger partial charge in [-0.1, -0.05) is 61.4 Å². The highest BCUT2D eigenvalue weighted by Gasteiger charge is 2.21. The molecule has 1 aliphatic carbocycles. The third kappa shape index (κ3) is 2.44. The van der Waals surface area contributed by atoms with Crippen LogP contribution in [-0.2, 0) is 6.42 Å². The zero-order valence-corrected chi connectivity index (χ0v) is 13.7. The standard InChI is InChI=1S/C21H24/c1-13(2)18-11-19-16(5)15(4)10-20(21(19)12-18)17-8-6-14(3)7-9-17/h6-10,12-13H,11H2,1-5H3. The van der Waals surface area contributed by atoms with Crippen molar-refractivity contribution in [3.8, 4) is 11.1 Å². The molecular formula is C21H24. The molecule has 0 heterocycles. The van der Waals surface area contributed by atoms with Crippen LogP contribution in [0.4, 0.5) is 0 Å². The lowest BCUT2D eigenvalue weighted by molar-refractivity contribution is 0.753. The average Bonchev–Trinajstić information content (AvgIpc) is 2.89. The third-order valence-electron chi connectivity index (χ3n) is 4.84. The van der Waals surface area contributed by atoms with Crippen molar-refractivity contribution in [3.63, 3.8) is 0 Å². The Balaban J connectivity index is 2.20. The summed E-state index contributed by atoms with van der Waals surface area (Å²) >= 11 is 0. The maximum absolute atomic E-state index is 2.43. The molecule has 0 spiro atoms. The first-order chi connectivity index (χ1) is 9.97. The predicted molar refractivity (Wildman–Crippen MR) is 92.6 cm³/mol. The number of rotatable bonds is 2. The van der Waals surface area contributed by atoms with E-state index in [2.05, 4.69) is 71.0 Å². The van der Waals surface area contributed by atoms with Gasteiger partial charge in [0.15, 0.2) is 0 Å². The second-order valence-electron chi connectivity index (χ2n) is 6.68. The van der Waals surface area contributed by atoms with Gasteiger partial charge in [0.1, 0.15) is 0 Å². The lowest BCUT2D eigenvalue weighted by Gasteiger charge is -2.14. The average molecular weight is 276 g/mol. The van der Waals surface area contributed by atoms with E-state index in [0.717, 1.165) is 6.42 Å². The van der Waals surface area contributed by atoms with Crippen LogP contribution >= 0.6 is 0 Å². The highest BCUT2D eigenvalue weighted by atomic mass is 14.3. The Morgan fingerprint density at radius 1 is 0.952 bits per heavy atom. The minimum Gasteiger partial charge on any atom is -0.0626 e. The monoisotopic (exact) mass is 276 g/mol. The molecule has 0 N–H and O–H groups in total. The van der Waals surface area contributed by atoms with Crippen LogP contribution in [0.5, 0.6) is 0 Å². The first-order valence-corrected chi connectivity index (χ1v) is 7.88. The summed E-state index contributed by atoms with van der Waals surface area (Å²) in [5.41, 5.74) is 11.5. The van der Waals surface area contributed by atoms with Crippen LogP contribution in [0, 0.1) is 26.7 Å². The van der Waals surface area contributed by atoms with Crippen molar-refractivity contribution in [2.75, 3.05) is 0 Å². The topological polar surface area (TPSA) is 0 Å². The minimum atomic E-state index is 0.628. The number of hydrogen-bond acceptors (Lipinski definition) is 0. The Morgan fingerprint density at radius 2 is 1.62 bits per heavy atom. The lowest BCUT2D eigenvalue weighted by Crippen LogP contribution is -1.97. The van der Waals surface area contributed by atoms with Crippen molar-refractivity contribution in [2.24, 2.45) is 5.92 Å². The number of aryl methyl sites for hydroxylation is 2. The van der Waals surface area contributed by atoms with E-state index in [1.54, 1.807) is 5.57 Å². The van der Waals surface area contributed by atoms with E-state index in [1.807, 2.05) is 0 Å². The van der Waals surface area contributed by atoms with Crippen LogP contribution in [0.15, 0.2) is 35.9 Å². The maximum atomic E-state index is 2.43. The van der Waals surface area contributed by atoms with Gasteiger partial charge in [-0.05, 0) is 66.5 Å². The molecule has 0 heteroatoms. The van der Waals surface area contributed by atoms with Crippen LogP contribution in [0.3, 0.4) is 0 Å². The smallest absolute Gasteiger partial charge is 0.00523 e. The Kier molecular flexibility index (Phi) is 3.49. The summed E-state index contributed by atoms with van der Waals surface area (Å²) in [6, 6.07) is 11.3. The predicted octanol–water partition coefficient (Wildman–Crippen LogP) is 5.87. The largest absolute Gasteiger partial charge is 0.0626 e. The molecule has 0 bridgehead atoms. The molecule has 0 amide bonds. The zero-order valence-electron chi connectivity index (χ0n) is 13.7. The van der Waals surface area contributed by atoms with Gasteiger partial charge in [-0.25, -0.2) is 0 Å². The lowest BCUT2D eigenvalue weighted by atomic mass is 9.90.